The van der Waals surface area contributed by atoms with Crippen LogP contribution in [0.1, 0.15) is 17.1 Å². The molecule has 1 aromatic carbocycles. The number of aromatic amines is 1. The maximum Gasteiger partial charge on any atom is 0.231 e. The molecule has 0 bridgehead atoms. The molecule has 0 unspecified atom stereocenters. The lowest BCUT2D eigenvalue weighted by Gasteiger charge is -1.97. The molecule has 5 nitrogen and oxygen atoms in total. The lowest BCUT2D eigenvalue weighted by Crippen LogP contribution is -1.91. The monoisotopic (exact) mass is 368 g/mol. The third-order valence-corrected chi connectivity index (χ3v) is 4.26. The van der Waals surface area contributed by atoms with Gasteiger partial charge in [-0.25, -0.2) is 0 Å². The molecule has 4 aromatic rings. The van der Waals surface area contributed by atoms with E-state index in [0.29, 0.717) is 23.8 Å². The predicted octanol–water partition coefficient (Wildman–Crippen LogP) is 4.27. The molecule has 6 heteroatoms. The Morgan fingerprint density at radius 1 is 1.22 bits per heavy atom. The van der Waals surface area contributed by atoms with Crippen LogP contribution in [-0.4, -0.2) is 20.1 Å². The predicted molar refractivity (Wildman–Crippen MR) is 91.1 cm³/mol. The lowest BCUT2D eigenvalue weighted by atomic mass is 10.1. The van der Waals surface area contributed by atoms with Gasteiger partial charge in [-0.05, 0) is 42.8 Å². The molecular weight excluding hydrogens is 356 g/mol. The first-order chi connectivity index (χ1) is 11.2. The molecule has 0 aliphatic rings. The van der Waals surface area contributed by atoms with E-state index in [-0.39, 0.29) is 0 Å². The number of aromatic nitrogens is 4. The van der Waals surface area contributed by atoms with E-state index < -0.39 is 0 Å². The summed E-state index contributed by atoms with van der Waals surface area (Å²) in [6.07, 6.45) is 2.30. The van der Waals surface area contributed by atoms with Crippen LogP contribution in [-0.2, 0) is 6.42 Å². The molecule has 23 heavy (non-hydrogen) atoms. The van der Waals surface area contributed by atoms with E-state index in [1.807, 2.05) is 24.3 Å². The van der Waals surface area contributed by atoms with Gasteiger partial charge in [-0.2, -0.15) is 4.98 Å². The normalized spacial score (nSPS) is 11.2. The molecule has 0 saturated heterocycles. The smallest absolute Gasteiger partial charge is 0.231 e. The average Bonchev–Trinajstić information content (AvgIpc) is 3.15. The average molecular weight is 369 g/mol. The first-order valence-electron chi connectivity index (χ1n) is 7.21. The van der Waals surface area contributed by atoms with Gasteiger partial charge in [0, 0.05) is 27.3 Å². The minimum Gasteiger partial charge on any atom is -0.358 e. The fourth-order valence-electron chi connectivity index (χ4n) is 2.66. The summed E-state index contributed by atoms with van der Waals surface area (Å²) in [7, 11) is 0. The van der Waals surface area contributed by atoms with Gasteiger partial charge in [-0.15, -0.1) is 0 Å². The van der Waals surface area contributed by atoms with Crippen LogP contribution < -0.4 is 0 Å². The van der Waals surface area contributed by atoms with E-state index in [2.05, 4.69) is 55.1 Å². The molecule has 1 N–H and O–H groups in total. The number of benzene rings is 1. The van der Waals surface area contributed by atoms with Crippen molar-refractivity contribution in [3.8, 4) is 11.5 Å². The molecule has 4 rings (SSSR count). The molecule has 0 aliphatic carbocycles. The number of halogens is 1. The molecule has 0 atom stereocenters. The first-order valence-corrected chi connectivity index (χ1v) is 8.01. The second-order valence-corrected chi connectivity index (χ2v) is 6.24. The Kier molecular flexibility index (Phi) is 3.46. The number of fused-ring (bicyclic) bond motifs is 1. The molecule has 0 fully saturated rings. The number of pyridine rings is 1. The zero-order valence-corrected chi connectivity index (χ0v) is 14.0. The summed E-state index contributed by atoms with van der Waals surface area (Å²) in [6.45, 7) is 2.05. The Bertz CT molecular complexity index is 975. The van der Waals surface area contributed by atoms with Crippen LogP contribution in [0.3, 0.4) is 0 Å². The van der Waals surface area contributed by atoms with Crippen molar-refractivity contribution in [2.75, 3.05) is 0 Å². The summed E-state index contributed by atoms with van der Waals surface area (Å²) in [5, 5.41) is 5.19. The van der Waals surface area contributed by atoms with E-state index in [4.69, 9.17) is 4.52 Å². The third-order valence-electron chi connectivity index (χ3n) is 3.77. The van der Waals surface area contributed by atoms with Crippen LogP contribution in [0.15, 0.2) is 51.6 Å². The molecule has 0 saturated carbocycles. The summed E-state index contributed by atoms with van der Waals surface area (Å²) in [5.41, 5.74) is 4.08. The van der Waals surface area contributed by atoms with E-state index in [1.54, 1.807) is 6.20 Å². The Morgan fingerprint density at radius 3 is 2.96 bits per heavy atom. The van der Waals surface area contributed by atoms with Gasteiger partial charge < -0.3 is 9.51 Å². The Hall–Kier alpha value is -2.47. The number of aryl methyl sites for hydroxylation is 1. The highest BCUT2D eigenvalue weighted by Crippen LogP contribution is 2.27. The van der Waals surface area contributed by atoms with Gasteiger partial charge in [-0.1, -0.05) is 27.2 Å². The quantitative estimate of drug-likeness (QED) is 0.586. The largest absolute Gasteiger partial charge is 0.358 e. The molecule has 0 aliphatic heterocycles. The van der Waals surface area contributed by atoms with Crippen LogP contribution in [0.4, 0.5) is 0 Å². The van der Waals surface area contributed by atoms with Crippen LogP contribution in [0.5, 0.6) is 0 Å². The minimum absolute atomic E-state index is 0.513. The number of hydrogen-bond donors (Lipinski definition) is 1. The van der Waals surface area contributed by atoms with Crippen LogP contribution in [0, 0.1) is 6.92 Å². The molecule has 3 heterocycles. The van der Waals surface area contributed by atoms with Gasteiger partial charge >= 0.3 is 0 Å². The van der Waals surface area contributed by atoms with E-state index in [0.717, 1.165) is 26.6 Å². The zero-order valence-electron chi connectivity index (χ0n) is 12.4. The Labute approximate surface area is 140 Å². The molecule has 0 radical (unpaired) electrons. The molecule has 0 spiro atoms. The molecular formula is C17H13BrN4O. The van der Waals surface area contributed by atoms with Gasteiger partial charge in [0.1, 0.15) is 5.69 Å². The molecule has 3 aromatic heterocycles. The van der Waals surface area contributed by atoms with Crippen molar-refractivity contribution < 1.29 is 4.52 Å². The van der Waals surface area contributed by atoms with Gasteiger partial charge in [0.15, 0.2) is 0 Å². The highest BCUT2D eigenvalue weighted by atomic mass is 79.9. The van der Waals surface area contributed by atoms with E-state index >= 15 is 0 Å². The second-order valence-electron chi connectivity index (χ2n) is 5.32. The Morgan fingerprint density at radius 2 is 2.13 bits per heavy atom. The standard InChI is InChI=1S/C17H13BrN4O/c1-10-12(13-8-11(18)5-6-14(13)20-10)9-16-21-17(22-23-16)15-4-2-3-7-19-15/h2-8,20H,9H2,1H3. The van der Waals surface area contributed by atoms with Crippen molar-refractivity contribution in [3.05, 3.63) is 64.2 Å². The van der Waals surface area contributed by atoms with Crippen molar-refractivity contribution in [1.82, 2.24) is 20.1 Å². The van der Waals surface area contributed by atoms with Gasteiger partial charge in [0.2, 0.25) is 11.7 Å². The zero-order chi connectivity index (χ0) is 15.8. The first kappa shape index (κ1) is 14.1. The SMILES string of the molecule is Cc1[nH]c2ccc(Br)cc2c1Cc1nc(-c2ccccn2)no1. The third kappa shape index (κ3) is 2.66. The van der Waals surface area contributed by atoms with Gasteiger partial charge in [0.05, 0.1) is 6.42 Å². The number of rotatable bonds is 3. The highest BCUT2D eigenvalue weighted by molar-refractivity contribution is 9.10. The maximum atomic E-state index is 5.40. The van der Waals surface area contributed by atoms with Crippen molar-refractivity contribution in [2.45, 2.75) is 13.3 Å². The van der Waals surface area contributed by atoms with Crippen molar-refractivity contribution in [3.63, 3.8) is 0 Å². The summed E-state index contributed by atoms with van der Waals surface area (Å²) < 4.78 is 6.45. The fourth-order valence-corrected chi connectivity index (χ4v) is 3.02. The number of nitrogens with one attached hydrogen (secondary N) is 1. The van der Waals surface area contributed by atoms with Crippen molar-refractivity contribution >= 4 is 26.8 Å². The van der Waals surface area contributed by atoms with Gasteiger partial charge in [0.25, 0.3) is 0 Å². The van der Waals surface area contributed by atoms with Crippen LogP contribution >= 0.6 is 15.9 Å². The molecule has 0 amide bonds. The van der Waals surface area contributed by atoms with Crippen LogP contribution in [0.25, 0.3) is 22.4 Å². The van der Waals surface area contributed by atoms with Crippen LogP contribution in [0.2, 0.25) is 0 Å². The number of nitrogens with zero attached hydrogens (tertiary/aromatic N) is 3. The summed E-state index contributed by atoms with van der Waals surface area (Å²) >= 11 is 3.52. The summed E-state index contributed by atoms with van der Waals surface area (Å²) in [4.78, 5) is 12.1. The maximum absolute atomic E-state index is 5.40. The van der Waals surface area contributed by atoms with Crippen molar-refractivity contribution in [2.24, 2.45) is 0 Å². The summed E-state index contributed by atoms with van der Waals surface area (Å²) in [5.74, 6) is 1.09. The second kappa shape index (κ2) is 5.62. The number of hydrogen-bond acceptors (Lipinski definition) is 4. The number of H-pyrrole nitrogens is 1. The van der Waals surface area contributed by atoms with E-state index in [1.165, 1.54) is 0 Å². The fraction of sp³-hybridized carbons (Fsp3) is 0.118. The molecule has 114 valence electrons. The highest BCUT2D eigenvalue weighted by Gasteiger charge is 2.15. The van der Waals surface area contributed by atoms with Crippen molar-refractivity contribution in [1.29, 1.82) is 0 Å². The topological polar surface area (TPSA) is 67.6 Å². The van der Waals surface area contributed by atoms with E-state index in [9.17, 15) is 0 Å². The van der Waals surface area contributed by atoms with Gasteiger partial charge in [-0.3, -0.25) is 4.98 Å². The summed E-state index contributed by atoms with van der Waals surface area (Å²) in [6, 6.07) is 11.8. The lowest BCUT2D eigenvalue weighted by molar-refractivity contribution is 0.385. The minimum atomic E-state index is 0.513. The Balaban J connectivity index is 1.70.